The van der Waals surface area contributed by atoms with Crippen molar-refractivity contribution in [2.45, 2.75) is 26.3 Å². The zero-order valence-electron chi connectivity index (χ0n) is 11.5. The summed E-state index contributed by atoms with van der Waals surface area (Å²) in [7, 11) is -2.85. The molecule has 0 amide bonds. The Labute approximate surface area is 114 Å². The molecule has 1 saturated heterocycles. The van der Waals surface area contributed by atoms with Gasteiger partial charge >= 0.3 is 0 Å². The third kappa shape index (κ3) is 3.67. The summed E-state index contributed by atoms with van der Waals surface area (Å²) >= 11 is 0. The fraction of sp³-hybridized carbons (Fsp3) is 0.615. The standard InChI is InChI=1S/C13H21N3O2S/c1-10-7-12(8-11(2)14)9-15-13(10)16-3-5-19(17,18)6-4-16/h7,9,11H,3-6,8,14H2,1-2H3. The Morgan fingerprint density at radius 3 is 2.58 bits per heavy atom. The lowest BCUT2D eigenvalue weighted by Crippen LogP contribution is -2.41. The van der Waals surface area contributed by atoms with Gasteiger partial charge in [-0.25, -0.2) is 13.4 Å². The summed E-state index contributed by atoms with van der Waals surface area (Å²) in [5.74, 6) is 1.33. The molecule has 1 aromatic heterocycles. The zero-order valence-corrected chi connectivity index (χ0v) is 12.3. The number of aromatic nitrogens is 1. The molecule has 2 N–H and O–H groups in total. The molecular weight excluding hydrogens is 262 g/mol. The Hall–Kier alpha value is -1.14. The van der Waals surface area contributed by atoms with Crippen LogP contribution >= 0.6 is 0 Å². The van der Waals surface area contributed by atoms with Crippen LogP contribution in [0.3, 0.4) is 0 Å². The molecule has 1 atom stereocenters. The van der Waals surface area contributed by atoms with E-state index in [1.807, 2.05) is 24.9 Å². The molecule has 19 heavy (non-hydrogen) atoms. The lowest BCUT2D eigenvalue weighted by atomic mass is 10.1. The van der Waals surface area contributed by atoms with Crippen LogP contribution in [0.2, 0.25) is 0 Å². The highest BCUT2D eigenvalue weighted by atomic mass is 32.2. The molecule has 106 valence electrons. The van der Waals surface area contributed by atoms with Gasteiger partial charge < -0.3 is 10.6 Å². The van der Waals surface area contributed by atoms with Crippen molar-refractivity contribution in [1.29, 1.82) is 0 Å². The topological polar surface area (TPSA) is 76.3 Å². The molecule has 1 aliphatic rings. The van der Waals surface area contributed by atoms with E-state index >= 15 is 0 Å². The van der Waals surface area contributed by atoms with Crippen LogP contribution in [-0.2, 0) is 16.3 Å². The van der Waals surface area contributed by atoms with Crippen molar-refractivity contribution < 1.29 is 8.42 Å². The van der Waals surface area contributed by atoms with E-state index in [0.717, 1.165) is 23.4 Å². The van der Waals surface area contributed by atoms with Crippen LogP contribution < -0.4 is 10.6 Å². The summed E-state index contributed by atoms with van der Waals surface area (Å²) in [4.78, 5) is 6.53. The second-order valence-electron chi connectivity index (χ2n) is 5.30. The average molecular weight is 283 g/mol. The minimum absolute atomic E-state index is 0.118. The third-order valence-electron chi connectivity index (χ3n) is 3.31. The molecule has 5 nitrogen and oxygen atoms in total. The quantitative estimate of drug-likeness (QED) is 0.875. The normalized spacial score (nSPS) is 20.3. The number of aryl methyl sites for hydroxylation is 1. The van der Waals surface area contributed by atoms with E-state index in [4.69, 9.17) is 5.73 Å². The largest absolute Gasteiger partial charge is 0.354 e. The highest BCUT2D eigenvalue weighted by Gasteiger charge is 2.23. The van der Waals surface area contributed by atoms with Crippen molar-refractivity contribution in [3.05, 3.63) is 23.4 Å². The van der Waals surface area contributed by atoms with E-state index in [1.54, 1.807) is 0 Å². The van der Waals surface area contributed by atoms with Crippen LogP contribution in [0.5, 0.6) is 0 Å². The highest BCUT2D eigenvalue weighted by molar-refractivity contribution is 7.91. The Morgan fingerprint density at radius 1 is 1.42 bits per heavy atom. The fourth-order valence-corrected chi connectivity index (χ4v) is 3.57. The zero-order chi connectivity index (χ0) is 14.0. The Balaban J connectivity index is 2.13. The summed E-state index contributed by atoms with van der Waals surface area (Å²) in [6, 6.07) is 2.21. The molecule has 6 heteroatoms. The van der Waals surface area contributed by atoms with E-state index in [0.29, 0.717) is 13.1 Å². The third-order valence-corrected chi connectivity index (χ3v) is 4.92. The van der Waals surface area contributed by atoms with Gasteiger partial charge in [0.25, 0.3) is 0 Å². The van der Waals surface area contributed by atoms with Gasteiger partial charge in [-0.2, -0.15) is 0 Å². The predicted molar refractivity (Wildman–Crippen MR) is 77.2 cm³/mol. The number of sulfone groups is 1. The van der Waals surface area contributed by atoms with Crippen LogP contribution in [0, 0.1) is 6.92 Å². The van der Waals surface area contributed by atoms with Gasteiger partial charge in [0.1, 0.15) is 5.82 Å². The SMILES string of the molecule is Cc1cc(CC(C)N)cnc1N1CCS(=O)(=O)CC1. The Morgan fingerprint density at radius 2 is 2.05 bits per heavy atom. The van der Waals surface area contributed by atoms with E-state index in [1.165, 1.54) is 0 Å². The fourth-order valence-electron chi connectivity index (χ4n) is 2.36. The summed E-state index contributed by atoms with van der Waals surface area (Å²) in [6.45, 7) is 5.04. The van der Waals surface area contributed by atoms with Crippen LogP contribution in [0.4, 0.5) is 5.82 Å². The molecule has 2 rings (SSSR count). The number of hydrogen-bond acceptors (Lipinski definition) is 5. The van der Waals surface area contributed by atoms with Crippen molar-refractivity contribution in [1.82, 2.24) is 4.98 Å². The van der Waals surface area contributed by atoms with Gasteiger partial charge in [0, 0.05) is 25.3 Å². The van der Waals surface area contributed by atoms with Crippen LogP contribution in [0.25, 0.3) is 0 Å². The van der Waals surface area contributed by atoms with Crippen molar-refractivity contribution in [2.24, 2.45) is 5.73 Å². The number of pyridine rings is 1. The number of rotatable bonds is 3. The minimum atomic E-state index is -2.85. The van der Waals surface area contributed by atoms with Crippen LogP contribution in [-0.4, -0.2) is 44.0 Å². The molecule has 2 heterocycles. The van der Waals surface area contributed by atoms with Gasteiger partial charge in [-0.15, -0.1) is 0 Å². The molecule has 0 radical (unpaired) electrons. The number of anilines is 1. The van der Waals surface area contributed by atoms with Crippen molar-refractivity contribution in [3.8, 4) is 0 Å². The molecule has 1 unspecified atom stereocenters. The van der Waals surface area contributed by atoms with E-state index in [-0.39, 0.29) is 17.5 Å². The predicted octanol–water partition coefficient (Wildman–Crippen LogP) is 0.515. The van der Waals surface area contributed by atoms with Gasteiger partial charge in [-0.1, -0.05) is 6.07 Å². The minimum Gasteiger partial charge on any atom is -0.354 e. The first-order valence-corrected chi connectivity index (χ1v) is 8.36. The van der Waals surface area contributed by atoms with Gasteiger partial charge in [-0.3, -0.25) is 0 Å². The average Bonchev–Trinajstić information content (AvgIpc) is 2.29. The molecular formula is C13H21N3O2S. The molecule has 0 aromatic carbocycles. The molecule has 0 spiro atoms. The maximum atomic E-state index is 11.4. The number of nitrogens with zero attached hydrogens (tertiary/aromatic N) is 2. The maximum Gasteiger partial charge on any atom is 0.153 e. The van der Waals surface area contributed by atoms with Crippen molar-refractivity contribution in [2.75, 3.05) is 29.5 Å². The van der Waals surface area contributed by atoms with Gasteiger partial charge in [0.2, 0.25) is 0 Å². The molecule has 0 bridgehead atoms. The second kappa shape index (κ2) is 5.46. The summed E-state index contributed by atoms with van der Waals surface area (Å²) in [6.07, 6.45) is 2.65. The first-order chi connectivity index (χ1) is 8.87. The molecule has 1 aliphatic heterocycles. The first-order valence-electron chi connectivity index (χ1n) is 6.54. The number of nitrogens with two attached hydrogens (primary N) is 1. The number of hydrogen-bond donors (Lipinski definition) is 1. The summed E-state index contributed by atoms with van der Waals surface area (Å²) in [5.41, 5.74) is 7.99. The van der Waals surface area contributed by atoms with E-state index in [9.17, 15) is 8.42 Å². The van der Waals surface area contributed by atoms with Crippen molar-refractivity contribution in [3.63, 3.8) is 0 Å². The smallest absolute Gasteiger partial charge is 0.153 e. The molecule has 1 fully saturated rings. The van der Waals surface area contributed by atoms with Crippen LogP contribution in [0.15, 0.2) is 12.3 Å². The van der Waals surface area contributed by atoms with Gasteiger partial charge in [0.05, 0.1) is 11.5 Å². The van der Waals surface area contributed by atoms with E-state index < -0.39 is 9.84 Å². The lowest BCUT2D eigenvalue weighted by Gasteiger charge is -2.29. The maximum absolute atomic E-state index is 11.4. The first kappa shape index (κ1) is 14.3. The summed E-state index contributed by atoms with van der Waals surface area (Å²) in [5, 5.41) is 0. The second-order valence-corrected chi connectivity index (χ2v) is 7.61. The van der Waals surface area contributed by atoms with Crippen LogP contribution in [0.1, 0.15) is 18.1 Å². The van der Waals surface area contributed by atoms with Crippen molar-refractivity contribution >= 4 is 15.7 Å². The van der Waals surface area contributed by atoms with E-state index in [2.05, 4.69) is 11.1 Å². The molecule has 0 saturated carbocycles. The highest BCUT2D eigenvalue weighted by Crippen LogP contribution is 2.20. The lowest BCUT2D eigenvalue weighted by molar-refractivity contribution is 0.586. The Kier molecular flexibility index (Phi) is 4.10. The molecule has 0 aliphatic carbocycles. The Bertz CT molecular complexity index is 541. The summed E-state index contributed by atoms with van der Waals surface area (Å²) < 4.78 is 22.9. The monoisotopic (exact) mass is 283 g/mol. The molecule has 1 aromatic rings. The van der Waals surface area contributed by atoms with Gasteiger partial charge in [0.15, 0.2) is 9.84 Å². The van der Waals surface area contributed by atoms with Gasteiger partial charge in [-0.05, 0) is 31.4 Å².